The second-order valence-corrected chi connectivity index (χ2v) is 9.22. The Bertz CT molecular complexity index is 1050. The molecule has 4 aliphatic rings. The molecule has 1 N–H and O–H groups in total. The molecule has 3 aliphatic heterocycles. The smallest absolute Gasteiger partial charge is 0.331 e. The monoisotopic (exact) mass is 455 g/mol. The molecule has 152 valence electrons. The minimum Gasteiger partial charge on any atom is -0.365 e. The Morgan fingerprint density at radius 1 is 1.17 bits per heavy atom. The van der Waals surface area contributed by atoms with E-state index in [9.17, 15) is 4.79 Å². The summed E-state index contributed by atoms with van der Waals surface area (Å²) in [7, 11) is 0. The first kappa shape index (κ1) is 18.9. The Balaban J connectivity index is 1.52. The molecule has 1 saturated carbocycles. The summed E-state index contributed by atoms with van der Waals surface area (Å²) < 4.78 is 4.77. The van der Waals surface area contributed by atoms with Gasteiger partial charge in [0.25, 0.3) is 0 Å². The van der Waals surface area contributed by atoms with Crippen molar-refractivity contribution in [3.63, 3.8) is 0 Å². The summed E-state index contributed by atoms with van der Waals surface area (Å²) in [6, 6.07) is 8.56. The van der Waals surface area contributed by atoms with E-state index >= 15 is 0 Å². The van der Waals surface area contributed by atoms with Crippen LogP contribution >= 0.6 is 15.9 Å². The first-order valence-corrected chi connectivity index (χ1v) is 11.4. The highest BCUT2D eigenvalue weighted by Gasteiger charge is 2.33. The lowest BCUT2D eigenvalue weighted by molar-refractivity contribution is 0.560. The number of fused-ring (bicyclic) bond motifs is 3. The number of halogens is 1. The normalized spacial score (nSPS) is 19.0. The van der Waals surface area contributed by atoms with E-state index < -0.39 is 0 Å². The van der Waals surface area contributed by atoms with Gasteiger partial charge in [-0.1, -0.05) is 47.8 Å². The minimum absolute atomic E-state index is 0.0260. The number of hydrogen-bond acceptors (Lipinski definition) is 4. The van der Waals surface area contributed by atoms with Gasteiger partial charge < -0.3 is 5.32 Å². The topological polar surface area (TPSA) is 64.7 Å². The minimum atomic E-state index is 0.0260. The molecule has 0 amide bonds. The van der Waals surface area contributed by atoms with E-state index in [4.69, 9.17) is 9.97 Å². The number of anilines is 1. The van der Waals surface area contributed by atoms with Gasteiger partial charge in [0.1, 0.15) is 17.3 Å². The Morgan fingerprint density at radius 2 is 1.93 bits per heavy atom. The van der Waals surface area contributed by atoms with Gasteiger partial charge >= 0.3 is 5.69 Å². The number of benzene rings is 1. The third-order valence-corrected chi connectivity index (χ3v) is 6.71. The van der Waals surface area contributed by atoms with Crippen molar-refractivity contribution in [1.82, 2.24) is 19.1 Å². The third kappa shape index (κ3) is 3.39. The van der Waals surface area contributed by atoms with Crippen LogP contribution < -0.4 is 11.0 Å². The van der Waals surface area contributed by atoms with Gasteiger partial charge in [-0.25, -0.2) is 14.8 Å². The molecule has 1 aromatic carbocycles. The SMILES string of the molecule is CCCn1c2nc(C3CCCC3)nc-2c2n(c1=O)C[C@@H](Cc1ccc(Br)cc1)N2. The number of rotatable bonds is 5. The zero-order valence-electron chi connectivity index (χ0n) is 16.7. The number of hydrogen-bond donors (Lipinski definition) is 1. The lowest BCUT2D eigenvalue weighted by Gasteiger charge is -2.13. The fourth-order valence-electron chi connectivity index (χ4n) is 4.75. The standard InChI is InChI=1S/C22H26BrN5O/c1-2-11-27-21-18(25-19(26-21)15-5-3-4-6-15)20-24-17(13-28(20)22(27)29)12-14-7-9-16(23)10-8-14/h7-10,15,17,24H,2-6,11-13H2,1H3/t17-/m1/s1. The molecule has 0 unspecified atom stereocenters. The van der Waals surface area contributed by atoms with E-state index in [0.29, 0.717) is 19.0 Å². The molecule has 0 radical (unpaired) electrons. The molecule has 1 atom stereocenters. The van der Waals surface area contributed by atoms with Crippen molar-refractivity contribution in [3.8, 4) is 11.5 Å². The van der Waals surface area contributed by atoms with Crippen LogP contribution in [0.15, 0.2) is 33.5 Å². The molecular formula is C22H26BrN5O. The summed E-state index contributed by atoms with van der Waals surface area (Å²) in [5.41, 5.74) is 2.14. The molecular weight excluding hydrogens is 430 g/mol. The van der Waals surface area contributed by atoms with Crippen molar-refractivity contribution in [2.24, 2.45) is 0 Å². The molecule has 0 bridgehead atoms. The molecule has 6 nitrogen and oxygen atoms in total. The van der Waals surface area contributed by atoms with E-state index in [1.54, 1.807) is 0 Å². The number of nitrogens with one attached hydrogen (secondary N) is 1. The maximum atomic E-state index is 13.2. The average molecular weight is 456 g/mol. The summed E-state index contributed by atoms with van der Waals surface area (Å²) in [4.78, 5) is 23.1. The molecule has 0 saturated heterocycles. The van der Waals surface area contributed by atoms with Crippen LogP contribution in [-0.2, 0) is 19.5 Å². The van der Waals surface area contributed by atoms with Gasteiger partial charge in [-0.05, 0) is 43.4 Å². The van der Waals surface area contributed by atoms with Gasteiger partial charge in [0.05, 0.1) is 0 Å². The van der Waals surface area contributed by atoms with E-state index in [1.807, 2.05) is 9.13 Å². The fraction of sp³-hybridized carbons (Fsp3) is 0.500. The molecule has 1 aliphatic carbocycles. The van der Waals surface area contributed by atoms with Crippen molar-refractivity contribution in [1.29, 1.82) is 0 Å². The largest absolute Gasteiger partial charge is 0.365 e. The quantitative estimate of drug-likeness (QED) is 0.618. The lowest BCUT2D eigenvalue weighted by atomic mass is 10.1. The van der Waals surface area contributed by atoms with Crippen LogP contribution in [0.2, 0.25) is 0 Å². The van der Waals surface area contributed by atoms with Crippen LogP contribution in [-0.4, -0.2) is 25.1 Å². The molecule has 0 aromatic heterocycles. The van der Waals surface area contributed by atoms with Crippen LogP contribution in [0.25, 0.3) is 11.5 Å². The van der Waals surface area contributed by atoms with Crippen LogP contribution in [0.3, 0.4) is 0 Å². The Kier molecular flexibility index (Phi) is 4.94. The predicted octanol–water partition coefficient (Wildman–Crippen LogP) is 4.41. The van der Waals surface area contributed by atoms with E-state index in [2.05, 4.69) is 52.4 Å². The van der Waals surface area contributed by atoms with Crippen molar-refractivity contribution >= 4 is 21.7 Å². The van der Waals surface area contributed by atoms with Crippen molar-refractivity contribution in [3.05, 3.63) is 50.6 Å². The number of nitrogens with zero attached hydrogens (tertiary/aromatic N) is 4. The van der Waals surface area contributed by atoms with Crippen LogP contribution in [0, 0.1) is 0 Å². The fourth-order valence-corrected chi connectivity index (χ4v) is 5.01. The third-order valence-electron chi connectivity index (χ3n) is 6.18. The molecule has 1 aromatic rings. The summed E-state index contributed by atoms with van der Waals surface area (Å²) in [6.07, 6.45) is 6.57. The zero-order chi connectivity index (χ0) is 20.0. The highest BCUT2D eigenvalue weighted by molar-refractivity contribution is 9.10. The van der Waals surface area contributed by atoms with Gasteiger partial charge in [-0.3, -0.25) is 9.13 Å². The summed E-state index contributed by atoms with van der Waals surface area (Å²) in [5.74, 6) is 2.96. The Hall–Kier alpha value is -2.15. The Morgan fingerprint density at radius 3 is 2.66 bits per heavy atom. The van der Waals surface area contributed by atoms with Crippen LogP contribution in [0.1, 0.15) is 56.3 Å². The highest BCUT2D eigenvalue weighted by Crippen LogP contribution is 2.37. The Labute approximate surface area is 178 Å². The van der Waals surface area contributed by atoms with Crippen molar-refractivity contribution in [2.45, 2.75) is 70.5 Å². The molecule has 1 fully saturated rings. The first-order chi connectivity index (χ1) is 14.1. The van der Waals surface area contributed by atoms with Crippen molar-refractivity contribution in [2.75, 3.05) is 5.32 Å². The number of imidazole rings is 1. The maximum absolute atomic E-state index is 13.2. The van der Waals surface area contributed by atoms with Crippen molar-refractivity contribution < 1.29 is 0 Å². The summed E-state index contributed by atoms with van der Waals surface area (Å²) >= 11 is 3.49. The van der Waals surface area contributed by atoms with Gasteiger partial charge in [0.15, 0.2) is 5.82 Å². The van der Waals surface area contributed by atoms with Gasteiger partial charge in [-0.15, -0.1) is 0 Å². The van der Waals surface area contributed by atoms with Crippen LogP contribution in [0.5, 0.6) is 0 Å². The maximum Gasteiger partial charge on any atom is 0.331 e. The highest BCUT2D eigenvalue weighted by atomic mass is 79.9. The summed E-state index contributed by atoms with van der Waals surface area (Å²) in [6.45, 7) is 3.43. The molecule has 29 heavy (non-hydrogen) atoms. The van der Waals surface area contributed by atoms with E-state index in [-0.39, 0.29) is 11.7 Å². The second kappa shape index (κ2) is 7.59. The second-order valence-electron chi connectivity index (χ2n) is 8.30. The van der Waals surface area contributed by atoms with Gasteiger partial charge in [0, 0.05) is 29.5 Å². The van der Waals surface area contributed by atoms with E-state index in [0.717, 1.165) is 53.3 Å². The first-order valence-electron chi connectivity index (χ1n) is 10.7. The molecule has 3 heterocycles. The average Bonchev–Trinajstić information content (AvgIpc) is 3.45. The zero-order valence-corrected chi connectivity index (χ0v) is 18.3. The van der Waals surface area contributed by atoms with E-state index in [1.165, 1.54) is 18.4 Å². The predicted molar refractivity (Wildman–Crippen MR) is 118 cm³/mol. The molecule has 0 spiro atoms. The lowest BCUT2D eigenvalue weighted by Crippen LogP contribution is -2.32. The van der Waals surface area contributed by atoms with Gasteiger partial charge in [0.2, 0.25) is 0 Å². The van der Waals surface area contributed by atoms with Crippen LogP contribution in [0.4, 0.5) is 5.82 Å². The number of aromatic nitrogens is 4. The summed E-state index contributed by atoms with van der Waals surface area (Å²) in [5, 5.41) is 3.59. The molecule has 5 rings (SSSR count). The molecule has 7 heteroatoms. The van der Waals surface area contributed by atoms with Gasteiger partial charge in [-0.2, -0.15) is 0 Å².